The Bertz CT molecular complexity index is 314. The van der Waals surface area contributed by atoms with E-state index >= 15 is 0 Å². The second kappa shape index (κ2) is 24.1. The van der Waals surface area contributed by atoms with E-state index in [2.05, 4.69) is 39.5 Å². The number of rotatable bonds is 24. The van der Waals surface area contributed by atoms with Crippen LogP contribution in [-0.4, -0.2) is 22.3 Å². The van der Waals surface area contributed by atoms with Crippen molar-refractivity contribution in [3.8, 4) is 0 Å². The van der Waals surface area contributed by atoms with E-state index in [4.69, 9.17) is 23.2 Å². The highest BCUT2D eigenvalue weighted by atomic mass is 35.5. The van der Waals surface area contributed by atoms with E-state index in [-0.39, 0.29) is 10.8 Å². The third-order valence-electron chi connectivity index (χ3n) is 6.82. The minimum absolute atomic E-state index is 0.289. The number of alkyl halides is 2. The van der Waals surface area contributed by atoms with Crippen molar-refractivity contribution in [2.75, 3.05) is 11.5 Å². The topological polar surface area (TPSA) is 0 Å². The molecule has 0 saturated heterocycles. The highest BCUT2D eigenvalue weighted by Crippen LogP contribution is 2.28. The van der Waals surface area contributed by atoms with Crippen LogP contribution in [-0.2, 0) is 0 Å². The summed E-state index contributed by atoms with van der Waals surface area (Å²) < 4.78 is 0. The Morgan fingerprint density at radius 3 is 1.06 bits per heavy atom. The van der Waals surface area contributed by atoms with Gasteiger partial charge >= 0.3 is 0 Å². The molecule has 0 aliphatic heterocycles. The van der Waals surface area contributed by atoms with Gasteiger partial charge in [-0.2, -0.15) is 11.8 Å². The Hall–Kier alpha value is 0.930. The summed E-state index contributed by atoms with van der Waals surface area (Å²) in [5, 5.41) is 0.577. The van der Waals surface area contributed by atoms with E-state index in [9.17, 15) is 0 Å². The SMILES string of the molecule is CCCCCCCCCCC(CSCC(CCCCCCCCCC)C(C)Cl)C(C)Cl. The first-order chi connectivity index (χ1) is 15.0. The molecule has 4 unspecified atom stereocenters. The number of hydrogen-bond acceptors (Lipinski definition) is 1. The van der Waals surface area contributed by atoms with Crippen molar-refractivity contribution in [2.45, 2.75) is 154 Å². The maximum Gasteiger partial charge on any atom is 0.0343 e. The fourth-order valence-corrected chi connectivity index (χ4v) is 6.64. The minimum atomic E-state index is 0.289. The molecule has 0 nitrogen and oxygen atoms in total. The summed E-state index contributed by atoms with van der Waals surface area (Å²) >= 11 is 15.2. The van der Waals surface area contributed by atoms with E-state index in [1.54, 1.807) is 0 Å². The van der Waals surface area contributed by atoms with Gasteiger partial charge in [0.2, 0.25) is 0 Å². The molecule has 0 aromatic heterocycles. The molecule has 3 heteroatoms. The predicted molar refractivity (Wildman–Crippen MR) is 149 cm³/mol. The van der Waals surface area contributed by atoms with Crippen molar-refractivity contribution >= 4 is 35.0 Å². The Balaban J connectivity index is 3.89. The van der Waals surface area contributed by atoms with Crippen LogP contribution >= 0.6 is 35.0 Å². The molecule has 0 rings (SSSR count). The first-order valence-electron chi connectivity index (χ1n) is 13.9. The van der Waals surface area contributed by atoms with Gasteiger partial charge in [-0.05, 0) is 50.0 Å². The van der Waals surface area contributed by atoms with Crippen molar-refractivity contribution in [3.05, 3.63) is 0 Å². The van der Waals surface area contributed by atoms with Crippen LogP contribution in [0.4, 0.5) is 0 Å². The second-order valence-corrected chi connectivity index (χ2v) is 12.4. The van der Waals surface area contributed by atoms with Crippen LogP contribution in [0.1, 0.15) is 143 Å². The third-order valence-corrected chi connectivity index (χ3v) is 8.86. The van der Waals surface area contributed by atoms with Crippen molar-refractivity contribution in [1.82, 2.24) is 0 Å². The lowest BCUT2D eigenvalue weighted by atomic mass is 9.99. The zero-order valence-corrected chi connectivity index (χ0v) is 23.9. The number of thioether (sulfide) groups is 1. The van der Waals surface area contributed by atoms with Gasteiger partial charge in [-0.1, -0.05) is 117 Å². The molecule has 0 spiro atoms. The van der Waals surface area contributed by atoms with Gasteiger partial charge < -0.3 is 0 Å². The molecule has 0 saturated carbocycles. The molecule has 4 atom stereocenters. The van der Waals surface area contributed by atoms with E-state index in [1.807, 2.05) is 0 Å². The predicted octanol–water partition coefficient (Wildman–Crippen LogP) is 11.3. The second-order valence-electron chi connectivity index (χ2n) is 9.94. The van der Waals surface area contributed by atoms with Gasteiger partial charge in [0, 0.05) is 10.8 Å². The van der Waals surface area contributed by atoms with Crippen molar-refractivity contribution in [3.63, 3.8) is 0 Å². The molecule has 0 amide bonds. The minimum Gasteiger partial charge on any atom is -0.161 e. The summed E-state index contributed by atoms with van der Waals surface area (Å²) in [6.07, 6.45) is 24.9. The van der Waals surface area contributed by atoms with Crippen LogP contribution in [0.2, 0.25) is 0 Å². The van der Waals surface area contributed by atoms with E-state index in [0.717, 1.165) is 0 Å². The zero-order valence-electron chi connectivity index (χ0n) is 21.6. The van der Waals surface area contributed by atoms with Crippen LogP contribution in [0.15, 0.2) is 0 Å². The van der Waals surface area contributed by atoms with Crippen LogP contribution < -0.4 is 0 Å². The van der Waals surface area contributed by atoms with Gasteiger partial charge in [-0.15, -0.1) is 23.2 Å². The summed E-state index contributed by atoms with van der Waals surface area (Å²) in [5.41, 5.74) is 0. The fourth-order valence-electron chi connectivity index (χ4n) is 4.34. The molecular weight excluding hydrogens is 439 g/mol. The zero-order chi connectivity index (χ0) is 23.2. The molecule has 0 aliphatic rings. The molecule has 0 radical (unpaired) electrons. The Labute approximate surface area is 211 Å². The Morgan fingerprint density at radius 1 is 0.484 bits per heavy atom. The van der Waals surface area contributed by atoms with Crippen molar-refractivity contribution in [2.24, 2.45) is 11.8 Å². The normalized spacial score (nSPS) is 15.7. The van der Waals surface area contributed by atoms with Gasteiger partial charge in [0.1, 0.15) is 0 Å². The Morgan fingerprint density at radius 2 is 0.774 bits per heavy atom. The first kappa shape index (κ1) is 31.9. The van der Waals surface area contributed by atoms with E-state index in [1.165, 1.54) is 127 Å². The van der Waals surface area contributed by atoms with Crippen molar-refractivity contribution < 1.29 is 0 Å². The number of hydrogen-bond donors (Lipinski definition) is 0. The summed E-state index contributed by atoms with van der Waals surface area (Å²) in [6.45, 7) is 8.97. The van der Waals surface area contributed by atoms with E-state index in [0.29, 0.717) is 11.8 Å². The first-order valence-corrected chi connectivity index (χ1v) is 15.9. The molecule has 31 heavy (non-hydrogen) atoms. The summed E-state index contributed by atoms with van der Waals surface area (Å²) in [6, 6.07) is 0. The maximum atomic E-state index is 6.54. The van der Waals surface area contributed by atoms with Crippen LogP contribution in [0, 0.1) is 11.8 Å². The molecule has 0 aliphatic carbocycles. The summed E-state index contributed by atoms with van der Waals surface area (Å²) in [4.78, 5) is 0. The van der Waals surface area contributed by atoms with Gasteiger partial charge in [0.05, 0.1) is 0 Å². The smallest absolute Gasteiger partial charge is 0.0343 e. The van der Waals surface area contributed by atoms with E-state index < -0.39 is 0 Å². The van der Waals surface area contributed by atoms with Gasteiger partial charge in [0.25, 0.3) is 0 Å². The molecule has 0 aromatic carbocycles. The lowest BCUT2D eigenvalue weighted by Gasteiger charge is -2.23. The maximum absolute atomic E-state index is 6.54. The van der Waals surface area contributed by atoms with Crippen LogP contribution in [0.25, 0.3) is 0 Å². The lowest BCUT2D eigenvalue weighted by Crippen LogP contribution is -2.18. The van der Waals surface area contributed by atoms with Crippen LogP contribution in [0.3, 0.4) is 0 Å². The lowest BCUT2D eigenvalue weighted by molar-refractivity contribution is 0.472. The average Bonchev–Trinajstić information content (AvgIpc) is 2.74. The highest BCUT2D eigenvalue weighted by Gasteiger charge is 2.19. The summed E-state index contributed by atoms with van der Waals surface area (Å²) in [7, 11) is 0. The van der Waals surface area contributed by atoms with Gasteiger partial charge in [-0.3, -0.25) is 0 Å². The number of halogens is 2. The van der Waals surface area contributed by atoms with Crippen LogP contribution in [0.5, 0.6) is 0 Å². The van der Waals surface area contributed by atoms with Gasteiger partial charge in [-0.25, -0.2) is 0 Å². The molecule has 0 bridgehead atoms. The molecule has 0 N–H and O–H groups in total. The Kier molecular flexibility index (Phi) is 24.8. The molecule has 188 valence electrons. The molecule has 0 heterocycles. The molecule has 0 aromatic rings. The fraction of sp³-hybridized carbons (Fsp3) is 1.00. The average molecular weight is 496 g/mol. The third kappa shape index (κ3) is 21.2. The quantitative estimate of drug-likeness (QED) is 0.0947. The molecule has 0 fully saturated rings. The van der Waals surface area contributed by atoms with Gasteiger partial charge in [0.15, 0.2) is 0 Å². The highest BCUT2D eigenvalue weighted by molar-refractivity contribution is 7.99. The summed E-state index contributed by atoms with van der Waals surface area (Å²) in [5.74, 6) is 3.72. The monoisotopic (exact) mass is 494 g/mol. The number of unbranched alkanes of at least 4 members (excludes halogenated alkanes) is 14. The van der Waals surface area contributed by atoms with Crippen molar-refractivity contribution in [1.29, 1.82) is 0 Å². The largest absolute Gasteiger partial charge is 0.161 e. The molecular formula is C28H56Cl2S. The standard InChI is InChI=1S/C28H56Cl2S/c1-5-7-9-11-13-15-17-19-21-27(25(3)29)23-31-24-28(26(4)30)22-20-18-16-14-12-10-8-6-2/h25-28H,5-24H2,1-4H3.